The summed E-state index contributed by atoms with van der Waals surface area (Å²) >= 11 is 0. The van der Waals surface area contributed by atoms with Crippen LogP contribution in [0.4, 0.5) is 0 Å². The van der Waals surface area contributed by atoms with Gasteiger partial charge in [-0.3, -0.25) is 4.98 Å². The molecule has 0 bridgehead atoms. The van der Waals surface area contributed by atoms with Crippen LogP contribution in [0.25, 0.3) is 0 Å². The zero-order chi connectivity index (χ0) is 8.97. The molecular weight excluding hydrogens is 152 g/mol. The maximum atomic E-state index is 5.09. The summed E-state index contributed by atoms with van der Waals surface area (Å²) in [6.45, 7) is 4.24. The Morgan fingerprint density at radius 3 is 2.67 bits per heavy atom. The molecule has 1 rings (SSSR count). The summed E-state index contributed by atoms with van der Waals surface area (Å²) in [5.41, 5.74) is 0.947. The molecule has 1 heterocycles. The van der Waals surface area contributed by atoms with Gasteiger partial charge in [0.25, 0.3) is 0 Å². The van der Waals surface area contributed by atoms with Gasteiger partial charge >= 0.3 is 0 Å². The molecule has 0 aliphatic rings. The van der Waals surface area contributed by atoms with Crippen molar-refractivity contribution in [1.29, 1.82) is 0 Å². The highest BCUT2D eigenvalue weighted by Gasteiger charge is 2.10. The molecule has 0 saturated carbocycles. The van der Waals surface area contributed by atoms with E-state index in [9.17, 15) is 0 Å². The van der Waals surface area contributed by atoms with Crippen molar-refractivity contribution < 1.29 is 4.74 Å². The predicted octanol–water partition coefficient (Wildman–Crippen LogP) is 2.00. The molecule has 0 N–H and O–H groups in total. The van der Waals surface area contributed by atoms with Crippen LogP contribution in [-0.4, -0.2) is 17.1 Å². The Morgan fingerprint density at radius 1 is 1.42 bits per heavy atom. The fraction of sp³-hybridized carbons (Fsp3) is 0.556. The van der Waals surface area contributed by atoms with Crippen LogP contribution >= 0.6 is 0 Å². The smallest absolute Gasteiger partial charge is 0.235 e. The Morgan fingerprint density at radius 2 is 2.08 bits per heavy atom. The number of methoxy groups -OCH3 is 1. The molecule has 0 amide bonds. The summed E-state index contributed by atoms with van der Waals surface area (Å²) in [6, 6.07) is 0. The highest BCUT2D eigenvalue weighted by Crippen LogP contribution is 2.23. The number of hydrogen-bond acceptors (Lipinski definition) is 3. The zero-order valence-corrected chi connectivity index (χ0v) is 7.74. The van der Waals surface area contributed by atoms with Crippen LogP contribution < -0.4 is 4.74 Å². The van der Waals surface area contributed by atoms with E-state index in [0.717, 1.165) is 12.1 Å². The number of nitrogens with zero attached hydrogens (tertiary/aromatic N) is 2. The first kappa shape index (κ1) is 8.97. The van der Waals surface area contributed by atoms with Gasteiger partial charge in [-0.2, -0.15) is 0 Å². The summed E-state index contributed by atoms with van der Waals surface area (Å²) < 4.78 is 5.09. The first-order valence-electron chi connectivity index (χ1n) is 4.14. The lowest BCUT2D eigenvalue weighted by atomic mass is 10.1. The van der Waals surface area contributed by atoms with Gasteiger partial charge in [0.05, 0.1) is 7.11 Å². The molecule has 0 aliphatic heterocycles. The van der Waals surface area contributed by atoms with E-state index < -0.39 is 0 Å². The van der Waals surface area contributed by atoms with Gasteiger partial charge in [-0.1, -0.05) is 13.8 Å². The molecule has 0 unspecified atom stereocenters. The van der Waals surface area contributed by atoms with Crippen LogP contribution in [0.3, 0.4) is 0 Å². The van der Waals surface area contributed by atoms with Crippen molar-refractivity contribution in [2.75, 3.05) is 7.11 Å². The second-order valence-corrected chi connectivity index (χ2v) is 2.76. The molecule has 66 valence electrons. The Bertz CT molecular complexity index is 250. The standard InChI is InChI=1S/C9H14N2O/c1-4-7(2)8-9(12-3)11-6-5-10-8/h5-7H,4H2,1-3H3/t7-/m1/s1. The molecule has 0 fully saturated rings. The van der Waals surface area contributed by atoms with Crippen molar-refractivity contribution in [2.24, 2.45) is 0 Å². The average molecular weight is 166 g/mol. The van der Waals surface area contributed by atoms with Gasteiger partial charge < -0.3 is 4.74 Å². The quantitative estimate of drug-likeness (QED) is 0.688. The number of aromatic nitrogens is 2. The first-order chi connectivity index (χ1) is 5.79. The van der Waals surface area contributed by atoms with Crippen molar-refractivity contribution >= 4 is 0 Å². The molecule has 0 saturated heterocycles. The van der Waals surface area contributed by atoms with E-state index in [1.165, 1.54) is 0 Å². The van der Waals surface area contributed by atoms with Gasteiger partial charge in [-0.15, -0.1) is 0 Å². The van der Waals surface area contributed by atoms with Crippen LogP contribution in [0, 0.1) is 0 Å². The van der Waals surface area contributed by atoms with Gasteiger partial charge in [-0.25, -0.2) is 4.98 Å². The van der Waals surface area contributed by atoms with Crippen molar-refractivity contribution in [3.05, 3.63) is 18.1 Å². The molecule has 12 heavy (non-hydrogen) atoms. The largest absolute Gasteiger partial charge is 0.480 e. The van der Waals surface area contributed by atoms with E-state index in [0.29, 0.717) is 11.8 Å². The molecule has 1 aromatic rings. The van der Waals surface area contributed by atoms with Crippen LogP contribution in [-0.2, 0) is 0 Å². The molecule has 0 aromatic carbocycles. The normalized spacial score (nSPS) is 12.6. The average Bonchev–Trinajstić information content (AvgIpc) is 2.16. The Hall–Kier alpha value is -1.12. The Balaban J connectivity index is 2.96. The number of ether oxygens (including phenoxy) is 1. The molecule has 1 atom stereocenters. The lowest BCUT2D eigenvalue weighted by molar-refractivity contribution is 0.384. The third kappa shape index (κ3) is 1.72. The van der Waals surface area contributed by atoms with E-state index in [1.54, 1.807) is 19.5 Å². The third-order valence-electron chi connectivity index (χ3n) is 1.96. The molecule has 3 heteroatoms. The van der Waals surface area contributed by atoms with E-state index in [1.807, 2.05) is 0 Å². The van der Waals surface area contributed by atoms with Crippen molar-refractivity contribution in [1.82, 2.24) is 9.97 Å². The minimum Gasteiger partial charge on any atom is -0.480 e. The third-order valence-corrected chi connectivity index (χ3v) is 1.96. The van der Waals surface area contributed by atoms with Crippen LogP contribution in [0.5, 0.6) is 5.88 Å². The van der Waals surface area contributed by atoms with E-state index in [4.69, 9.17) is 4.74 Å². The topological polar surface area (TPSA) is 35.0 Å². The Labute approximate surface area is 72.8 Å². The lowest BCUT2D eigenvalue weighted by Gasteiger charge is -2.10. The Kier molecular flexibility index (Phi) is 3.02. The highest BCUT2D eigenvalue weighted by molar-refractivity contribution is 5.20. The van der Waals surface area contributed by atoms with Gasteiger partial charge in [0.15, 0.2) is 0 Å². The van der Waals surface area contributed by atoms with E-state index >= 15 is 0 Å². The number of rotatable bonds is 3. The molecule has 0 radical (unpaired) electrons. The van der Waals surface area contributed by atoms with Crippen molar-refractivity contribution in [3.63, 3.8) is 0 Å². The van der Waals surface area contributed by atoms with Crippen LogP contribution in [0.15, 0.2) is 12.4 Å². The maximum Gasteiger partial charge on any atom is 0.235 e. The SMILES string of the molecule is CC[C@@H](C)c1nccnc1OC. The van der Waals surface area contributed by atoms with Gasteiger partial charge in [-0.05, 0) is 6.42 Å². The van der Waals surface area contributed by atoms with Gasteiger partial charge in [0.2, 0.25) is 5.88 Å². The van der Waals surface area contributed by atoms with Crippen LogP contribution in [0.2, 0.25) is 0 Å². The molecule has 1 aromatic heterocycles. The van der Waals surface area contributed by atoms with Gasteiger partial charge in [0.1, 0.15) is 5.69 Å². The summed E-state index contributed by atoms with van der Waals surface area (Å²) in [5, 5.41) is 0. The summed E-state index contributed by atoms with van der Waals surface area (Å²) in [7, 11) is 1.62. The molecule has 0 aliphatic carbocycles. The molecular formula is C9H14N2O. The highest BCUT2D eigenvalue weighted by atomic mass is 16.5. The monoisotopic (exact) mass is 166 g/mol. The molecule has 3 nitrogen and oxygen atoms in total. The van der Waals surface area contributed by atoms with E-state index in [2.05, 4.69) is 23.8 Å². The fourth-order valence-corrected chi connectivity index (χ4v) is 1.02. The minimum atomic E-state index is 0.411. The summed E-state index contributed by atoms with van der Waals surface area (Å²) in [5.74, 6) is 1.06. The maximum absolute atomic E-state index is 5.09. The second-order valence-electron chi connectivity index (χ2n) is 2.76. The summed E-state index contributed by atoms with van der Waals surface area (Å²) in [6.07, 6.45) is 4.39. The summed E-state index contributed by atoms with van der Waals surface area (Å²) in [4.78, 5) is 8.31. The van der Waals surface area contributed by atoms with Crippen molar-refractivity contribution in [2.45, 2.75) is 26.2 Å². The second kappa shape index (κ2) is 4.04. The molecule has 0 spiro atoms. The van der Waals surface area contributed by atoms with E-state index in [-0.39, 0.29) is 0 Å². The minimum absolute atomic E-state index is 0.411. The van der Waals surface area contributed by atoms with Crippen LogP contribution in [0.1, 0.15) is 31.9 Å². The lowest BCUT2D eigenvalue weighted by Crippen LogP contribution is -2.01. The first-order valence-corrected chi connectivity index (χ1v) is 4.14. The number of hydrogen-bond donors (Lipinski definition) is 0. The predicted molar refractivity (Wildman–Crippen MR) is 47.3 cm³/mol. The van der Waals surface area contributed by atoms with Crippen molar-refractivity contribution in [3.8, 4) is 5.88 Å². The zero-order valence-electron chi connectivity index (χ0n) is 7.74. The fourth-order valence-electron chi connectivity index (χ4n) is 1.02. The van der Waals surface area contributed by atoms with Gasteiger partial charge in [0, 0.05) is 18.3 Å².